The van der Waals surface area contributed by atoms with Gasteiger partial charge in [0.1, 0.15) is 24.3 Å². The van der Waals surface area contributed by atoms with Gasteiger partial charge in [-0.1, -0.05) is 50.1 Å². The maximum atomic E-state index is 13.5. The van der Waals surface area contributed by atoms with Gasteiger partial charge in [0.15, 0.2) is 0 Å². The summed E-state index contributed by atoms with van der Waals surface area (Å²) in [7, 11) is 0. The fourth-order valence-corrected chi connectivity index (χ4v) is 4.02. The number of benzene rings is 1. The van der Waals surface area contributed by atoms with E-state index in [1.165, 1.54) is 17.2 Å². The third kappa shape index (κ3) is 7.08. The molecule has 2 atom stereocenters. The van der Waals surface area contributed by atoms with Crippen molar-refractivity contribution < 1.29 is 25.0 Å². The SMILES string of the molecule is CCCC[C@H](CN(C=O)OCc1ccccc1)C(=O)N1CCC[C@H]1C(=O)Nc1ccc(F)cn1.[HH]. The first-order chi connectivity index (χ1) is 16.5. The van der Waals surface area contributed by atoms with Crippen molar-refractivity contribution in [3.8, 4) is 0 Å². The Morgan fingerprint density at radius 3 is 2.79 bits per heavy atom. The average molecular weight is 473 g/mol. The van der Waals surface area contributed by atoms with Gasteiger partial charge < -0.3 is 10.2 Å². The third-order valence-corrected chi connectivity index (χ3v) is 5.83. The van der Waals surface area contributed by atoms with Gasteiger partial charge in [-0.3, -0.25) is 19.2 Å². The van der Waals surface area contributed by atoms with Gasteiger partial charge in [0.25, 0.3) is 0 Å². The lowest BCUT2D eigenvalue weighted by Crippen LogP contribution is -2.47. The highest BCUT2D eigenvalue weighted by atomic mass is 19.1. The zero-order valence-electron chi connectivity index (χ0n) is 19.4. The first kappa shape index (κ1) is 25.3. The lowest BCUT2D eigenvalue weighted by atomic mass is 9.99. The molecular weight excluding hydrogens is 439 g/mol. The lowest BCUT2D eigenvalue weighted by molar-refractivity contribution is -0.183. The zero-order chi connectivity index (χ0) is 24.3. The van der Waals surface area contributed by atoms with E-state index in [4.69, 9.17) is 4.84 Å². The highest BCUT2D eigenvalue weighted by molar-refractivity contribution is 5.97. The summed E-state index contributed by atoms with van der Waals surface area (Å²) in [6.07, 6.45) is 5.13. The minimum absolute atomic E-state index is 0. The minimum atomic E-state index is -0.640. The van der Waals surface area contributed by atoms with Crippen molar-refractivity contribution in [1.82, 2.24) is 14.9 Å². The lowest BCUT2D eigenvalue weighted by Gasteiger charge is -2.30. The van der Waals surface area contributed by atoms with E-state index in [0.29, 0.717) is 32.2 Å². The Balaban J connectivity index is 0.00000432. The molecule has 184 valence electrons. The number of halogens is 1. The van der Waals surface area contributed by atoms with E-state index in [2.05, 4.69) is 10.3 Å². The summed E-state index contributed by atoms with van der Waals surface area (Å²) >= 11 is 0. The molecule has 0 saturated carbocycles. The van der Waals surface area contributed by atoms with Crippen LogP contribution in [0.5, 0.6) is 0 Å². The number of carbonyl (C=O) groups is 3. The molecule has 8 nitrogen and oxygen atoms in total. The summed E-state index contributed by atoms with van der Waals surface area (Å²) < 4.78 is 13.1. The normalized spacial score (nSPS) is 16.2. The highest BCUT2D eigenvalue weighted by Gasteiger charge is 2.37. The molecule has 1 fully saturated rings. The van der Waals surface area contributed by atoms with Crippen molar-refractivity contribution in [1.29, 1.82) is 0 Å². The van der Waals surface area contributed by atoms with Crippen molar-refractivity contribution in [2.24, 2.45) is 5.92 Å². The first-order valence-electron chi connectivity index (χ1n) is 11.6. The first-order valence-corrected chi connectivity index (χ1v) is 11.6. The molecule has 34 heavy (non-hydrogen) atoms. The number of nitrogens with one attached hydrogen (secondary N) is 1. The van der Waals surface area contributed by atoms with Gasteiger partial charge in [0, 0.05) is 7.97 Å². The van der Waals surface area contributed by atoms with Crippen LogP contribution >= 0.6 is 0 Å². The van der Waals surface area contributed by atoms with Gasteiger partial charge in [-0.25, -0.2) is 14.4 Å². The molecule has 1 saturated heterocycles. The van der Waals surface area contributed by atoms with Gasteiger partial charge in [-0.2, -0.15) is 0 Å². The molecule has 0 bridgehead atoms. The van der Waals surface area contributed by atoms with Gasteiger partial charge in [0.05, 0.1) is 18.7 Å². The number of pyridine rings is 1. The predicted octanol–water partition coefficient (Wildman–Crippen LogP) is 3.79. The van der Waals surface area contributed by atoms with E-state index in [-0.39, 0.29) is 32.2 Å². The molecule has 2 aromatic rings. The Morgan fingerprint density at radius 2 is 2.12 bits per heavy atom. The van der Waals surface area contributed by atoms with E-state index in [0.717, 1.165) is 24.6 Å². The van der Waals surface area contributed by atoms with Crippen molar-refractivity contribution in [2.45, 2.75) is 51.7 Å². The Morgan fingerprint density at radius 1 is 1.32 bits per heavy atom. The monoisotopic (exact) mass is 472 g/mol. The molecule has 9 heteroatoms. The number of hydrogen-bond donors (Lipinski definition) is 1. The molecule has 0 radical (unpaired) electrons. The molecule has 0 spiro atoms. The molecule has 2 heterocycles. The standard InChI is InChI=1S/C25H31FN4O4.H2/c1-2-3-10-20(16-29(18-31)34-17-19-8-5-4-6-9-19)25(33)30-14-7-11-22(30)24(32)28-23-13-12-21(26)15-27-23;/h4-6,8-9,12-13,15,18,20,22H,2-3,7,10-11,14,16-17H2,1H3,(H,27,28,32);1H/t20-,22+;/m1./s1. The van der Waals surface area contributed by atoms with Crippen LogP contribution in [0.15, 0.2) is 48.7 Å². The average Bonchev–Trinajstić information content (AvgIpc) is 3.35. The quantitative estimate of drug-likeness (QED) is 0.375. The maximum Gasteiger partial charge on any atom is 0.248 e. The Labute approximate surface area is 200 Å². The van der Waals surface area contributed by atoms with Crippen LogP contribution in [0.1, 0.15) is 46.0 Å². The molecule has 1 aromatic carbocycles. The van der Waals surface area contributed by atoms with Crippen LogP contribution in [0.3, 0.4) is 0 Å². The van der Waals surface area contributed by atoms with E-state index >= 15 is 0 Å². The van der Waals surface area contributed by atoms with Gasteiger partial charge in [-0.15, -0.1) is 0 Å². The Hall–Kier alpha value is -3.33. The van der Waals surface area contributed by atoms with Gasteiger partial charge >= 0.3 is 0 Å². The van der Waals surface area contributed by atoms with Gasteiger partial charge in [0.2, 0.25) is 18.2 Å². The molecule has 1 aromatic heterocycles. The molecule has 0 unspecified atom stereocenters. The van der Waals surface area contributed by atoms with Crippen molar-refractivity contribution >= 4 is 24.0 Å². The molecule has 1 aliphatic heterocycles. The Bertz CT molecular complexity index is 948. The minimum Gasteiger partial charge on any atom is -0.330 e. The van der Waals surface area contributed by atoms with Crippen molar-refractivity contribution in [3.05, 3.63) is 60.0 Å². The number of aromatic nitrogens is 1. The molecule has 1 N–H and O–H groups in total. The third-order valence-electron chi connectivity index (χ3n) is 5.83. The molecular formula is C25H33FN4O4. The number of nitrogens with zero attached hydrogens (tertiary/aromatic N) is 3. The van der Waals surface area contributed by atoms with E-state index in [9.17, 15) is 18.8 Å². The Kier molecular flexibility index (Phi) is 9.51. The van der Waals surface area contributed by atoms with Crippen LogP contribution in [0, 0.1) is 11.7 Å². The van der Waals surface area contributed by atoms with Crippen LogP contribution in [-0.2, 0) is 25.8 Å². The van der Waals surface area contributed by atoms with E-state index in [1.807, 2.05) is 37.3 Å². The predicted molar refractivity (Wildman–Crippen MR) is 127 cm³/mol. The number of hydrogen-bond acceptors (Lipinski definition) is 5. The number of rotatable bonds is 12. The van der Waals surface area contributed by atoms with Crippen LogP contribution in [-0.4, -0.2) is 52.3 Å². The number of carbonyl (C=O) groups excluding carboxylic acids is 3. The largest absolute Gasteiger partial charge is 0.330 e. The highest BCUT2D eigenvalue weighted by Crippen LogP contribution is 2.24. The summed E-state index contributed by atoms with van der Waals surface area (Å²) in [5.74, 6) is -1.28. The number of unbranched alkanes of at least 4 members (excludes halogenated alkanes) is 1. The summed E-state index contributed by atoms with van der Waals surface area (Å²) in [4.78, 5) is 49.1. The molecule has 1 aliphatic rings. The number of amides is 3. The smallest absolute Gasteiger partial charge is 0.248 e. The number of anilines is 1. The van der Waals surface area contributed by atoms with Crippen LogP contribution in [0.25, 0.3) is 0 Å². The van der Waals surface area contributed by atoms with E-state index < -0.39 is 17.8 Å². The summed E-state index contributed by atoms with van der Waals surface area (Å²) in [6, 6.07) is 11.4. The van der Waals surface area contributed by atoms with Crippen molar-refractivity contribution in [2.75, 3.05) is 18.4 Å². The maximum absolute atomic E-state index is 13.5. The summed E-state index contributed by atoms with van der Waals surface area (Å²) in [5, 5.41) is 3.83. The fourth-order valence-electron chi connectivity index (χ4n) is 4.02. The molecule has 0 aliphatic carbocycles. The summed E-state index contributed by atoms with van der Waals surface area (Å²) in [6.45, 7) is 2.82. The fraction of sp³-hybridized carbons (Fsp3) is 0.440. The molecule has 3 rings (SSSR count). The second kappa shape index (κ2) is 12.8. The second-order valence-electron chi connectivity index (χ2n) is 8.34. The second-order valence-corrected chi connectivity index (χ2v) is 8.34. The van der Waals surface area contributed by atoms with Crippen LogP contribution < -0.4 is 5.32 Å². The topological polar surface area (TPSA) is 91.8 Å². The van der Waals surface area contributed by atoms with Crippen LogP contribution in [0.2, 0.25) is 0 Å². The zero-order valence-corrected chi connectivity index (χ0v) is 19.4. The number of likely N-dealkylation sites (tertiary alicyclic amines) is 1. The summed E-state index contributed by atoms with van der Waals surface area (Å²) in [5.41, 5.74) is 0.913. The number of hydroxylamine groups is 2. The van der Waals surface area contributed by atoms with Crippen molar-refractivity contribution in [3.63, 3.8) is 0 Å². The molecule has 3 amide bonds. The van der Waals surface area contributed by atoms with Gasteiger partial charge in [-0.05, 0) is 37.0 Å². The van der Waals surface area contributed by atoms with Crippen LogP contribution in [0.4, 0.5) is 10.2 Å². The van der Waals surface area contributed by atoms with E-state index in [1.54, 1.807) is 4.90 Å².